The van der Waals surface area contributed by atoms with Crippen molar-refractivity contribution in [2.45, 2.75) is 25.9 Å². The van der Waals surface area contributed by atoms with E-state index in [0.717, 1.165) is 10.4 Å². The van der Waals surface area contributed by atoms with E-state index < -0.39 is 6.04 Å². The number of nitrogens with one attached hydrogen (secondary N) is 1. The third kappa shape index (κ3) is 4.06. The average molecular weight is 323 g/mol. The van der Waals surface area contributed by atoms with Crippen LogP contribution in [0.2, 0.25) is 5.02 Å². The molecular formula is C16H19ClN2OS. The predicted molar refractivity (Wildman–Crippen MR) is 88.4 cm³/mol. The fourth-order valence-corrected chi connectivity index (χ4v) is 3.00. The van der Waals surface area contributed by atoms with Crippen LogP contribution in [0.15, 0.2) is 41.8 Å². The number of hydrogen-bond donors (Lipinski definition) is 2. The Kier molecular flexibility index (Phi) is 5.39. The Morgan fingerprint density at radius 3 is 2.43 bits per heavy atom. The second kappa shape index (κ2) is 7.07. The summed E-state index contributed by atoms with van der Waals surface area (Å²) in [5.41, 5.74) is 7.04. The largest absolute Gasteiger partial charge is 0.347 e. The number of amides is 1. The second-order valence-corrected chi connectivity index (χ2v) is 6.69. The maximum absolute atomic E-state index is 12.3. The molecule has 2 rings (SSSR count). The molecular weight excluding hydrogens is 304 g/mol. The van der Waals surface area contributed by atoms with Crippen molar-refractivity contribution in [1.29, 1.82) is 0 Å². The first-order valence-corrected chi connectivity index (χ1v) is 8.09. The first-order valence-electron chi connectivity index (χ1n) is 6.84. The van der Waals surface area contributed by atoms with Gasteiger partial charge in [-0.25, -0.2) is 0 Å². The van der Waals surface area contributed by atoms with E-state index in [-0.39, 0.29) is 17.9 Å². The minimum Gasteiger partial charge on any atom is -0.347 e. The van der Waals surface area contributed by atoms with Gasteiger partial charge in [-0.15, -0.1) is 11.3 Å². The van der Waals surface area contributed by atoms with Crippen molar-refractivity contribution in [2.75, 3.05) is 0 Å². The van der Waals surface area contributed by atoms with E-state index in [2.05, 4.69) is 19.2 Å². The Bertz CT molecular complexity index is 581. The highest BCUT2D eigenvalue weighted by Crippen LogP contribution is 2.25. The summed E-state index contributed by atoms with van der Waals surface area (Å²) >= 11 is 7.40. The summed E-state index contributed by atoms with van der Waals surface area (Å²) in [7, 11) is 0. The number of halogens is 1. The zero-order chi connectivity index (χ0) is 15.4. The molecule has 5 heteroatoms. The first-order chi connectivity index (χ1) is 9.99. The molecule has 2 atom stereocenters. The van der Waals surface area contributed by atoms with Crippen molar-refractivity contribution in [3.8, 4) is 0 Å². The summed E-state index contributed by atoms with van der Waals surface area (Å²) in [6, 6.07) is 10.6. The average Bonchev–Trinajstić information content (AvgIpc) is 2.98. The standard InChI is InChI=1S/C16H19ClN2OS/c1-10(2)15(11-5-7-12(17)8-6-11)19-16(20)14(18)13-4-3-9-21-13/h3-10,14-15H,18H2,1-2H3,(H,19,20). The monoisotopic (exact) mass is 322 g/mol. The Morgan fingerprint density at radius 2 is 1.90 bits per heavy atom. The lowest BCUT2D eigenvalue weighted by atomic mass is 9.95. The third-order valence-electron chi connectivity index (χ3n) is 3.33. The summed E-state index contributed by atoms with van der Waals surface area (Å²) < 4.78 is 0. The molecule has 2 aromatic rings. The summed E-state index contributed by atoms with van der Waals surface area (Å²) in [5.74, 6) is 0.0942. The van der Waals surface area contributed by atoms with E-state index in [1.54, 1.807) is 0 Å². The molecule has 0 bridgehead atoms. The molecule has 0 saturated heterocycles. The first kappa shape index (κ1) is 16.0. The van der Waals surface area contributed by atoms with Gasteiger partial charge in [0.15, 0.2) is 0 Å². The van der Waals surface area contributed by atoms with Gasteiger partial charge in [-0.2, -0.15) is 0 Å². The molecule has 0 spiro atoms. The van der Waals surface area contributed by atoms with Gasteiger partial charge in [0.05, 0.1) is 6.04 Å². The van der Waals surface area contributed by atoms with Crippen molar-refractivity contribution >= 4 is 28.8 Å². The molecule has 0 aliphatic rings. The van der Waals surface area contributed by atoms with Gasteiger partial charge in [-0.3, -0.25) is 4.79 Å². The van der Waals surface area contributed by atoms with E-state index in [9.17, 15) is 4.79 Å². The van der Waals surface area contributed by atoms with Crippen LogP contribution in [0, 0.1) is 5.92 Å². The maximum Gasteiger partial charge on any atom is 0.242 e. The third-order valence-corrected chi connectivity index (χ3v) is 4.53. The Morgan fingerprint density at radius 1 is 1.24 bits per heavy atom. The number of benzene rings is 1. The van der Waals surface area contributed by atoms with Gasteiger partial charge < -0.3 is 11.1 Å². The van der Waals surface area contributed by atoms with Crippen molar-refractivity contribution < 1.29 is 4.79 Å². The predicted octanol–water partition coefficient (Wildman–Crippen LogP) is 3.91. The molecule has 3 nitrogen and oxygen atoms in total. The van der Waals surface area contributed by atoms with Crippen molar-refractivity contribution in [3.63, 3.8) is 0 Å². The smallest absolute Gasteiger partial charge is 0.242 e. The van der Waals surface area contributed by atoms with Crippen LogP contribution in [0.25, 0.3) is 0 Å². The Labute approximate surface area is 134 Å². The SMILES string of the molecule is CC(C)C(NC(=O)C(N)c1cccs1)c1ccc(Cl)cc1. The Hall–Kier alpha value is -1.36. The minimum atomic E-state index is -0.626. The van der Waals surface area contributed by atoms with Gasteiger partial charge in [-0.1, -0.05) is 43.6 Å². The number of rotatable bonds is 5. The van der Waals surface area contributed by atoms with Crippen LogP contribution in [0.3, 0.4) is 0 Å². The van der Waals surface area contributed by atoms with Crippen LogP contribution in [-0.2, 0) is 4.79 Å². The molecule has 1 amide bonds. The van der Waals surface area contributed by atoms with Crippen LogP contribution in [0.4, 0.5) is 0 Å². The van der Waals surface area contributed by atoms with Gasteiger partial charge in [0.25, 0.3) is 0 Å². The lowest BCUT2D eigenvalue weighted by Crippen LogP contribution is -2.38. The highest BCUT2D eigenvalue weighted by Gasteiger charge is 2.23. The van der Waals surface area contributed by atoms with E-state index >= 15 is 0 Å². The normalized spacial score (nSPS) is 14.0. The van der Waals surface area contributed by atoms with Crippen LogP contribution in [0.5, 0.6) is 0 Å². The molecule has 2 unspecified atom stereocenters. The number of hydrogen-bond acceptors (Lipinski definition) is 3. The van der Waals surface area contributed by atoms with Crippen molar-refractivity contribution in [3.05, 3.63) is 57.2 Å². The molecule has 3 N–H and O–H groups in total. The van der Waals surface area contributed by atoms with Gasteiger partial charge in [0.1, 0.15) is 6.04 Å². The highest BCUT2D eigenvalue weighted by molar-refractivity contribution is 7.10. The molecule has 1 aromatic carbocycles. The van der Waals surface area contributed by atoms with Crippen LogP contribution < -0.4 is 11.1 Å². The van der Waals surface area contributed by atoms with E-state index in [1.807, 2.05) is 41.8 Å². The Balaban J connectivity index is 2.13. The number of carbonyl (C=O) groups is 1. The quantitative estimate of drug-likeness (QED) is 0.876. The minimum absolute atomic E-state index is 0.0826. The summed E-state index contributed by atoms with van der Waals surface area (Å²) in [4.78, 5) is 13.2. The lowest BCUT2D eigenvalue weighted by molar-refractivity contribution is -0.123. The topological polar surface area (TPSA) is 55.1 Å². The zero-order valence-electron chi connectivity index (χ0n) is 12.0. The number of thiophene rings is 1. The van der Waals surface area contributed by atoms with Gasteiger partial charge >= 0.3 is 0 Å². The van der Waals surface area contributed by atoms with E-state index in [4.69, 9.17) is 17.3 Å². The molecule has 0 aliphatic carbocycles. The molecule has 0 saturated carbocycles. The fraction of sp³-hybridized carbons (Fsp3) is 0.312. The molecule has 21 heavy (non-hydrogen) atoms. The summed E-state index contributed by atoms with van der Waals surface area (Å²) in [5, 5.41) is 5.64. The number of carbonyl (C=O) groups excluding carboxylic acids is 1. The second-order valence-electron chi connectivity index (χ2n) is 5.27. The molecule has 1 heterocycles. The van der Waals surface area contributed by atoms with Gasteiger partial charge in [0.2, 0.25) is 5.91 Å². The summed E-state index contributed by atoms with van der Waals surface area (Å²) in [6.45, 7) is 4.13. The highest BCUT2D eigenvalue weighted by atomic mass is 35.5. The van der Waals surface area contributed by atoms with Crippen LogP contribution >= 0.6 is 22.9 Å². The van der Waals surface area contributed by atoms with Crippen molar-refractivity contribution in [2.24, 2.45) is 11.7 Å². The molecule has 0 aliphatic heterocycles. The van der Waals surface area contributed by atoms with Gasteiger partial charge in [0, 0.05) is 9.90 Å². The fourth-order valence-electron chi connectivity index (χ4n) is 2.15. The van der Waals surface area contributed by atoms with Crippen LogP contribution in [-0.4, -0.2) is 5.91 Å². The van der Waals surface area contributed by atoms with Gasteiger partial charge in [-0.05, 0) is 35.1 Å². The molecule has 1 aromatic heterocycles. The van der Waals surface area contributed by atoms with E-state index in [1.165, 1.54) is 11.3 Å². The maximum atomic E-state index is 12.3. The molecule has 0 radical (unpaired) electrons. The molecule has 0 fully saturated rings. The molecule has 112 valence electrons. The van der Waals surface area contributed by atoms with Crippen LogP contribution in [0.1, 0.15) is 36.4 Å². The van der Waals surface area contributed by atoms with E-state index in [0.29, 0.717) is 5.02 Å². The lowest BCUT2D eigenvalue weighted by Gasteiger charge is -2.24. The van der Waals surface area contributed by atoms with Crippen molar-refractivity contribution in [1.82, 2.24) is 5.32 Å². The summed E-state index contributed by atoms with van der Waals surface area (Å²) in [6.07, 6.45) is 0. The number of nitrogens with two attached hydrogens (primary N) is 1. The zero-order valence-corrected chi connectivity index (χ0v) is 13.6.